The zero-order chi connectivity index (χ0) is 16.4. The summed E-state index contributed by atoms with van der Waals surface area (Å²) in [6.45, 7) is 1.94. The molecule has 0 saturated heterocycles. The molecule has 0 spiro atoms. The van der Waals surface area contributed by atoms with Gasteiger partial charge in [0.05, 0.1) is 15.5 Å². The molecule has 23 heavy (non-hydrogen) atoms. The number of halogens is 1. The summed E-state index contributed by atoms with van der Waals surface area (Å²) in [6, 6.07) is 12.1. The minimum Gasteiger partial charge on any atom is -0.258 e. The van der Waals surface area contributed by atoms with E-state index in [1.54, 1.807) is 16.8 Å². The summed E-state index contributed by atoms with van der Waals surface area (Å²) in [6.07, 6.45) is 0. The van der Waals surface area contributed by atoms with Gasteiger partial charge in [0.15, 0.2) is 0 Å². The van der Waals surface area contributed by atoms with Crippen molar-refractivity contribution in [1.29, 1.82) is 0 Å². The van der Waals surface area contributed by atoms with Crippen molar-refractivity contribution in [2.45, 2.75) is 17.0 Å². The number of para-hydroxylation sites is 1. The maximum Gasteiger partial charge on any atom is 0.284 e. The van der Waals surface area contributed by atoms with Gasteiger partial charge in [-0.25, -0.2) is 0 Å². The van der Waals surface area contributed by atoms with Gasteiger partial charge in [-0.1, -0.05) is 29.8 Å². The van der Waals surface area contributed by atoms with Crippen LogP contribution < -0.4 is 0 Å². The quantitative estimate of drug-likeness (QED) is 0.528. The Morgan fingerprint density at radius 2 is 2.04 bits per heavy atom. The third kappa shape index (κ3) is 3.17. The highest BCUT2D eigenvalue weighted by molar-refractivity contribution is 7.99. The van der Waals surface area contributed by atoms with Crippen molar-refractivity contribution in [2.75, 3.05) is 0 Å². The fraction of sp³-hybridized carbons (Fsp3) is 0.0714. The topological polar surface area (TPSA) is 86.7 Å². The number of aryl methyl sites for hydroxylation is 1. The van der Waals surface area contributed by atoms with E-state index in [4.69, 9.17) is 11.6 Å². The van der Waals surface area contributed by atoms with E-state index in [-0.39, 0.29) is 5.69 Å². The molecule has 0 unspecified atom stereocenters. The molecule has 0 N–H and O–H groups in total. The Hall–Kier alpha value is -2.45. The molecular formula is C14H10ClN5O2S. The largest absolute Gasteiger partial charge is 0.284 e. The van der Waals surface area contributed by atoms with E-state index in [1.165, 1.54) is 6.07 Å². The number of rotatable bonds is 4. The number of hydrogen-bond acceptors (Lipinski definition) is 6. The summed E-state index contributed by atoms with van der Waals surface area (Å²) in [5.41, 5.74) is 1.73. The second-order valence-electron chi connectivity index (χ2n) is 4.63. The number of benzene rings is 2. The van der Waals surface area contributed by atoms with Gasteiger partial charge in [0.1, 0.15) is 0 Å². The fourth-order valence-corrected chi connectivity index (χ4v) is 3.05. The molecule has 0 bridgehead atoms. The summed E-state index contributed by atoms with van der Waals surface area (Å²) < 4.78 is 1.55. The van der Waals surface area contributed by atoms with Crippen LogP contribution in [0.3, 0.4) is 0 Å². The van der Waals surface area contributed by atoms with Crippen LogP contribution >= 0.6 is 23.4 Å². The fourth-order valence-electron chi connectivity index (χ4n) is 2.01. The van der Waals surface area contributed by atoms with Gasteiger partial charge in [0.2, 0.25) is 5.16 Å². The zero-order valence-electron chi connectivity index (χ0n) is 11.9. The molecule has 3 rings (SSSR count). The summed E-state index contributed by atoms with van der Waals surface area (Å²) in [7, 11) is 0. The van der Waals surface area contributed by atoms with Crippen LogP contribution in [0.25, 0.3) is 5.69 Å². The van der Waals surface area contributed by atoms with E-state index in [0.717, 1.165) is 23.0 Å². The Balaban J connectivity index is 2.02. The summed E-state index contributed by atoms with van der Waals surface area (Å²) in [5.74, 6) is 0. The van der Waals surface area contributed by atoms with Gasteiger partial charge in [0, 0.05) is 11.1 Å². The smallest absolute Gasteiger partial charge is 0.258 e. The van der Waals surface area contributed by atoms with Crippen molar-refractivity contribution in [3.63, 3.8) is 0 Å². The highest BCUT2D eigenvalue weighted by atomic mass is 35.5. The Bertz CT molecular complexity index is 883. The van der Waals surface area contributed by atoms with E-state index in [1.807, 2.05) is 31.2 Å². The Kier molecular flexibility index (Phi) is 4.26. The first kappa shape index (κ1) is 15.4. The molecule has 0 aliphatic carbocycles. The first-order valence-electron chi connectivity index (χ1n) is 6.52. The molecule has 0 aliphatic heterocycles. The summed E-state index contributed by atoms with van der Waals surface area (Å²) in [5, 5.41) is 23.5. The Labute approximate surface area is 140 Å². The third-order valence-electron chi connectivity index (χ3n) is 3.10. The van der Waals surface area contributed by atoms with E-state index in [9.17, 15) is 10.1 Å². The van der Waals surface area contributed by atoms with E-state index >= 15 is 0 Å². The van der Waals surface area contributed by atoms with E-state index in [0.29, 0.717) is 15.1 Å². The molecule has 0 saturated carbocycles. The maximum absolute atomic E-state index is 11.2. The highest BCUT2D eigenvalue weighted by Gasteiger charge is 2.19. The van der Waals surface area contributed by atoms with Crippen LogP contribution in [-0.4, -0.2) is 25.1 Å². The number of nitro groups is 1. The summed E-state index contributed by atoms with van der Waals surface area (Å²) in [4.78, 5) is 11.1. The lowest BCUT2D eigenvalue weighted by atomic mass is 10.2. The van der Waals surface area contributed by atoms with Gasteiger partial charge >= 0.3 is 0 Å². The predicted octanol–water partition coefficient (Wildman–Crippen LogP) is 3.68. The Morgan fingerprint density at radius 1 is 1.26 bits per heavy atom. The lowest BCUT2D eigenvalue weighted by molar-refractivity contribution is -0.387. The molecule has 0 amide bonds. The van der Waals surface area contributed by atoms with Gasteiger partial charge in [-0.2, -0.15) is 4.68 Å². The van der Waals surface area contributed by atoms with Crippen LogP contribution in [0.5, 0.6) is 0 Å². The molecule has 1 aromatic heterocycles. The second kappa shape index (κ2) is 6.35. The number of hydrogen-bond donors (Lipinski definition) is 0. The van der Waals surface area contributed by atoms with E-state index in [2.05, 4.69) is 15.5 Å². The van der Waals surface area contributed by atoms with Crippen LogP contribution in [-0.2, 0) is 0 Å². The van der Waals surface area contributed by atoms with Crippen molar-refractivity contribution in [1.82, 2.24) is 20.2 Å². The molecule has 7 nitrogen and oxygen atoms in total. The maximum atomic E-state index is 11.2. The van der Waals surface area contributed by atoms with Crippen LogP contribution in [0.15, 0.2) is 52.5 Å². The SMILES string of the molecule is Cc1ccccc1-n1nnnc1Sc1ccc(Cl)cc1[N+](=O)[O-]. The van der Waals surface area contributed by atoms with Crippen molar-refractivity contribution in [3.05, 3.63) is 63.2 Å². The Morgan fingerprint density at radius 3 is 2.78 bits per heavy atom. The van der Waals surface area contributed by atoms with Crippen molar-refractivity contribution >= 4 is 29.1 Å². The van der Waals surface area contributed by atoms with Gasteiger partial charge in [-0.3, -0.25) is 10.1 Å². The summed E-state index contributed by atoms with van der Waals surface area (Å²) >= 11 is 6.95. The van der Waals surface area contributed by atoms with Crippen LogP contribution in [0.2, 0.25) is 5.02 Å². The predicted molar refractivity (Wildman–Crippen MR) is 86.1 cm³/mol. The average molecular weight is 348 g/mol. The highest BCUT2D eigenvalue weighted by Crippen LogP contribution is 2.36. The molecule has 0 aliphatic rings. The molecule has 3 aromatic rings. The number of nitrogens with zero attached hydrogens (tertiary/aromatic N) is 5. The second-order valence-corrected chi connectivity index (χ2v) is 6.08. The lowest BCUT2D eigenvalue weighted by Gasteiger charge is -2.07. The van der Waals surface area contributed by atoms with Crippen LogP contribution in [0.4, 0.5) is 5.69 Å². The zero-order valence-corrected chi connectivity index (χ0v) is 13.5. The van der Waals surface area contributed by atoms with Crippen molar-refractivity contribution in [2.24, 2.45) is 0 Å². The first-order chi connectivity index (χ1) is 11.1. The third-order valence-corrected chi connectivity index (χ3v) is 4.34. The molecule has 1 heterocycles. The number of aromatic nitrogens is 4. The molecule has 116 valence electrons. The van der Waals surface area contributed by atoms with Gasteiger partial charge in [-0.05, 0) is 52.9 Å². The molecule has 0 radical (unpaired) electrons. The molecule has 0 fully saturated rings. The number of nitro benzene ring substituents is 1. The molecule has 0 atom stereocenters. The van der Waals surface area contributed by atoms with Crippen LogP contribution in [0, 0.1) is 17.0 Å². The number of tetrazole rings is 1. The standard InChI is InChI=1S/C14H10ClN5O2S/c1-9-4-2-3-5-11(9)19-14(16-17-18-19)23-13-7-6-10(15)8-12(13)20(21)22/h2-8H,1H3. The molecule has 2 aromatic carbocycles. The van der Waals surface area contributed by atoms with Gasteiger partial charge in [-0.15, -0.1) is 5.10 Å². The van der Waals surface area contributed by atoms with Crippen molar-refractivity contribution in [3.8, 4) is 5.69 Å². The van der Waals surface area contributed by atoms with Gasteiger partial charge < -0.3 is 0 Å². The normalized spacial score (nSPS) is 10.7. The minimum atomic E-state index is -0.476. The minimum absolute atomic E-state index is 0.0816. The van der Waals surface area contributed by atoms with E-state index < -0.39 is 4.92 Å². The lowest BCUT2D eigenvalue weighted by Crippen LogP contribution is -2.01. The van der Waals surface area contributed by atoms with Crippen LogP contribution in [0.1, 0.15) is 5.56 Å². The monoisotopic (exact) mass is 347 g/mol. The van der Waals surface area contributed by atoms with Crippen molar-refractivity contribution < 1.29 is 4.92 Å². The molecule has 9 heteroatoms. The first-order valence-corrected chi connectivity index (χ1v) is 7.72. The van der Waals surface area contributed by atoms with Gasteiger partial charge in [0.25, 0.3) is 5.69 Å². The average Bonchev–Trinajstić information content (AvgIpc) is 2.97. The molecular weight excluding hydrogens is 338 g/mol.